The summed E-state index contributed by atoms with van der Waals surface area (Å²) in [6, 6.07) is 11.2. The van der Waals surface area contributed by atoms with Gasteiger partial charge in [0.25, 0.3) is 0 Å². The first kappa shape index (κ1) is 17.3. The molecule has 25 heavy (non-hydrogen) atoms. The topological polar surface area (TPSA) is 46.6 Å². The first-order valence-electron chi connectivity index (χ1n) is 7.28. The van der Waals surface area contributed by atoms with Crippen molar-refractivity contribution in [3.8, 4) is 16.9 Å². The molecule has 0 radical (unpaired) electrons. The molecule has 0 N–H and O–H groups in total. The van der Waals surface area contributed by atoms with Crippen LogP contribution in [0.4, 0.5) is 13.2 Å². The third-order valence-corrected chi connectivity index (χ3v) is 5.30. The summed E-state index contributed by atoms with van der Waals surface area (Å²) in [7, 11) is -3.92. The number of sulfonamides is 1. The first-order valence-corrected chi connectivity index (χ1v) is 8.72. The Morgan fingerprint density at radius 1 is 1.08 bits per heavy atom. The lowest BCUT2D eigenvalue weighted by Crippen LogP contribution is -2.35. The number of alkyl halides is 3. The molecule has 0 fully saturated rings. The fraction of sp³-hybridized carbons (Fsp3) is 0.176. The van der Waals surface area contributed by atoms with Crippen molar-refractivity contribution in [2.45, 2.75) is 11.4 Å². The van der Waals surface area contributed by atoms with E-state index < -0.39 is 21.4 Å². The maximum atomic E-state index is 12.6. The van der Waals surface area contributed by atoms with Gasteiger partial charge in [-0.1, -0.05) is 42.5 Å². The van der Waals surface area contributed by atoms with Gasteiger partial charge in [0.15, 0.2) is 0 Å². The predicted octanol–water partition coefficient (Wildman–Crippen LogP) is 4.08. The third-order valence-electron chi connectivity index (χ3n) is 3.92. The van der Waals surface area contributed by atoms with E-state index >= 15 is 0 Å². The molecule has 3 aliphatic rings. The molecule has 0 saturated heterocycles. The van der Waals surface area contributed by atoms with Crippen LogP contribution in [0.5, 0.6) is 5.75 Å². The van der Waals surface area contributed by atoms with Crippen molar-refractivity contribution in [2.24, 2.45) is 0 Å². The van der Waals surface area contributed by atoms with Gasteiger partial charge in [0.05, 0.1) is 7.11 Å². The number of allylic oxidation sites excluding steroid dienone is 2. The van der Waals surface area contributed by atoms with Crippen LogP contribution in [0, 0.1) is 0 Å². The van der Waals surface area contributed by atoms with Crippen molar-refractivity contribution in [2.75, 3.05) is 7.11 Å². The lowest BCUT2D eigenvalue weighted by Gasteiger charge is -2.23. The average molecular weight is 369 g/mol. The average Bonchev–Trinajstić information content (AvgIpc) is 2.75. The van der Waals surface area contributed by atoms with Crippen LogP contribution in [0.3, 0.4) is 0 Å². The minimum Gasteiger partial charge on any atom is -0.496 e. The molecule has 3 rings (SSSR count). The molecule has 0 aromatic heterocycles. The molecule has 0 atom stereocenters. The van der Waals surface area contributed by atoms with E-state index in [1.54, 1.807) is 0 Å². The summed E-state index contributed by atoms with van der Waals surface area (Å²) in [5, 5.41) is 0. The summed E-state index contributed by atoms with van der Waals surface area (Å²) >= 11 is 0. The Morgan fingerprint density at radius 2 is 1.72 bits per heavy atom. The Labute approximate surface area is 143 Å². The Hall–Kier alpha value is -2.48. The summed E-state index contributed by atoms with van der Waals surface area (Å²) in [5.41, 5.74) is -2.78. The van der Waals surface area contributed by atoms with E-state index in [9.17, 15) is 21.6 Å². The third kappa shape index (κ3) is 2.97. The van der Waals surface area contributed by atoms with Crippen LogP contribution in [0.15, 0.2) is 61.0 Å². The molecule has 0 saturated carbocycles. The van der Waals surface area contributed by atoms with Gasteiger partial charge in [-0.25, -0.2) is 4.31 Å². The molecule has 0 aromatic rings. The van der Waals surface area contributed by atoms with Crippen molar-refractivity contribution < 1.29 is 26.3 Å². The quantitative estimate of drug-likeness (QED) is 0.819. The highest BCUT2D eigenvalue weighted by molar-refractivity contribution is 7.90. The predicted molar refractivity (Wildman–Crippen MR) is 87.5 cm³/mol. The molecular formula is C17H14F3NO3S. The second-order valence-electron chi connectivity index (χ2n) is 5.40. The van der Waals surface area contributed by atoms with Crippen molar-refractivity contribution in [3.63, 3.8) is 0 Å². The number of methoxy groups -OCH3 is 1. The molecule has 4 nitrogen and oxygen atoms in total. The van der Waals surface area contributed by atoms with E-state index in [4.69, 9.17) is 4.74 Å². The zero-order valence-corrected chi connectivity index (χ0v) is 13.9. The maximum absolute atomic E-state index is 12.6. The number of hydrogen-bond donors (Lipinski definition) is 0. The van der Waals surface area contributed by atoms with E-state index in [-0.39, 0.29) is 4.31 Å². The molecular weight excluding hydrogens is 355 g/mol. The van der Waals surface area contributed by atoms with Crippen molar-refractivity contribution in [3.05, 3.63) is 66.5 Å². The number of hydrogen-bond acceptors (Lipinski definition) is 3. The summed E-state index contributed by atoms with van der Waals surface area (Å²) in [6.45, 7) is 0. The van der Waals surface area contributed by atoms with Gasteiger partial charge in [-0.3, -0.25) is 0 Å². The summed E-state index contributed by atoms with van der Waals surface area (Å²) < 4.78 is 66.4. The van der Waals surface area contributed by atoms with Gasteiger partial charge in [0.1, 0.15) is 5.75 Å². The van der Waals surface area contributed by atoms with Gasteiger partial charge in [-0.2, -0.15) is 21.6 Å². The van der Waals surface area contributed by atoms with Crippen molar-refractivity contribution >= 4 is 10.0 Å². The number of ether oxygens (including phenoxy) is 1. The normalized spacial score (nSPS) is 15.8. The second kappa shape index (κ2) is 6.11. The van der Waals surface area contributed by atoms with E-state index in [1.165, 1.54) is 19.3 Å². The van der Waals surface area contributed by atoms with E-state index in [2.05, 4.69) is 0 Å². The standard InChI is InChI=1S/C17H14F3NO3S/c1-24-15-11-13-5-3-2-4-6-14(13)16(15)12-7-9-21(10-8-12)25(22,23)17(18,19)20/h2-12H,1H3. The van der Waals surface area contributed by atoms with Gasteiger partial charge in [-0.05, 0) is 17.2 Å². The van der Waals surface area contributed by atoms with Crippen LogP contribution in [-0.2, 0) is 10.0 Å². The van der Waals surface area contributed by atoms with Gasteiger partial charge in [-0.15, -0.1) is 0 Å². The smallest absolute Gasteiger partial charge is 0.496 e. The van der Waals surface area contributed by atoms with Crippen LogP contribution < -0.4 is 4.74 Å². The SMILES string of the molecule is COc1cc2cccccc-2c1C1C=CN(S(=O)(=O)C(F)(F)F)C=C1. The maximum Gasteiger partial charge on any atom is 0.517 e. The van der Waals surface area contributed by atoms with E-state index in [1.807, 2.05) is 36.4 Å². The van der Waals surface area contributed by atoms with Crippen molar-refractivity contribution in [1.82, 2.24) is 4.31 Å². The zero-order valence-electron chi connectivity index (χ0n) is 13.1. The molecule has 0 amide bonds. The van der Waals surface area contributed by atoms with Gasteiger partial charge in [0.2, 0.25) is 0 Å². The highest BCUT2D eigenvalue weighted by Crippen LogP contribution is 2.43. The summed E-state index contributed by atoms with van der Waals surface area (Å²) in [6.07, 6.45) is 4.62. The fourth-order valence-corrected chi connectivity index (χ4v) is 3.44. The molecule has 0 spiro atoms. The summed E-state index contributed by atoms with van der Waals surface area (Å²) in [5.74, 6) is 0.183. The lowest BCUT2D eigenvalue weighted by molar-refractivity contribution is -0.0468. The summed E-state index contributed by atoms with van der Waals surface area (Å²) in [4.78, 5) is 0. The van der Waals surface area contributed by atoms with Crippen LogP contribution in [0.1, 0.15) is 11.5 Å². The van der Waals surface area contributed by atoms with Crippen LogP contribution in [0.2, 0.25) is 0 Å². The highest BCUT2D eigenvalue weighted by Gasteiger charge is 2.49. The van der Waals surface area contributed by atoms with Crippen molar-refractivity contribution in [1.29, 1.82) is 0 Å². The van der Waals surface area contributed by atoms with Crippen LogP contribution in [0.25, 0.3) is 11.1 Å². The number of rotatable bonds is 3. The minimum absolute atomic E-state index is 0.168. The van der Waals surface area contributed by atoms with Gasteiger partial charge in [0, 0.05) is 23.9 Å². The van der Waals surface area contributed by atoms with E-state index in [0.29, 0.717) is 5.75 Å². The zero-order chi connectivity index (χ0) is 18.2. The Morgan fingerprint density at radius 3 is 2.32 bits per heavy atom. The molecule has 132 valence electrons. The molecule has 0 unspecified atom stereocenters. The second-order valence-corrected chi connectivity index (χ2v) is 7.23. The van der Waals surface area contributed by atoms with Gasteiger partial charge >= 0.3 is 15.5 Å². The molecule has 0 bridgehead atoms. The molecule has 2 aliphatic carbocycles. The van der Waals surface area contributed by atoms with Gasteiger partial charge < -0.3 is 4.74 Å². The fourth-order valence-electron chi connectivity index (χ4n) is 2.74. The molecule has 8 heteroatoms. The largest absolute Gasteiger partial charge is 0.517 e. The Bertz CT molecular complexity index is 905. The van der Waals surface area contributed by atoms with Crippen LogP contribution in [-0.4, -0.2) is 25.3 Å². The van der Waals surface area contributed by atoms with E-state index in [0.717, 1.165) is 29.1 Å². The minimum atomic E-state index is -5.43. The Kier molecular flexibility index (Phi) is 4.24. The highest BCUT2D eigenvalue weighted by atomic mass is 32.2. The lowest BCUT2D eigenvalue weighted by atomic mass is 9.95. The molecule has 1 heterocycles. The first-order chi connectivity index (χ1) is 11.8. The number of nitrogens with zero attached hydrogens (tertiary/aromatic N) is 1. The monoisotopic (exact) mass is 369 g/mol. The van der Waals surface area contributed by atoms with Crippen LogP contribution >= 0.6 is 0 Å². The Balaban J connectivity index is 1.99. The number of halogens is 3. The molecule has 0 aromatic carbocycles. The number of fused-ring (bicyclic) bond motifs is 1. The molecule has 1 aliphatic heterocycles.